The first-order chi connectivity index (χ1) is 12.0. The SMILES string of the molecule is COc1ccc(OCCN2C[C@@H]3CCC[C@@]3(C(=O)O)C2)c([N+](=O)[O-])c1.Cl. The summed E-state index contributed by atoms with van der Waals surface area (Å²) in [4.78, 5) is 24.4. The first-order valence-corrected chi connectivity index (χ1v) is 8.37. The first kappa shape index (κ1) is 20.3. The number of rotatable bonds is 7. The van der Waals surface area contributed by atoms with Crippen molar-refractivity contribution in [2.75, 3.05) is 33.4 Å². The molecule has 8 nitrogen and oxygen atoms in total. The van der Waals surface area contributed by atoms with Gasteiger partial charge in [0, 0.05) is 19.6 Å². The molecular formula is C17H23ClN2O6. The third-order valence-corrected chi connectivity index (χ3v) is 5.40. The molecule has 0 aromatic heterocycles. The summed E-state index contributed by atoms with van der Waals surface area (Å²) >= 11 is 0. The average Bonchev–Trinajstić information content (AvgIpc) is 3.13. The van der Waals surface area contributed by atoms with Gasteiger partial charge in [-0.25, -0.2) is 0 Å². The van der Waals surface area contributed by atoms with Crippen LogP contribution in [0.15, 0.2) is 18.2 Å². The lowest BCUT2D eigenvalue weighted by Gasteiger charge is -2.23. The maximum atomic E-state index is 11.7. The number of benzene rings is 1. The monoisotopic (exact) mass is 386 g/mol. The Bertz CT molecular complexity index is 685. The van der Waals surface area contributed by atoms with Gasteiger partial charge in [-0.1, -0.05) is 6.42 Å². The predicted molar refractivity (Wildman–Crippen MR) is 96.2 cm³/mol. The van der Waals surface area contributed by atoms with E-state index in [1.165, 1.54) is 19.2 Å². The van der Waals surface area contributed by atoms with E-state index in [0.29, 0.717) is 18.8 Å². The van der Waals surface area contributed by atoms with Crippen LogP contribution in [-0.4, -0.2) is 54.3 Å². The van der Waals surface area contributed by atoms with Crippen LogP contribution in [0.1, 0.15) is 19.3 Å². The maximum Gasteiger partial charge on any atom is 0.314 e. The number of carboxylic acids is 1. The molecule has 1 heterocycles. The molecule has 0 unspecified atom stereocenters. The molecule has 1 aromatic rings. The van der Waals surface area contributed by atoms with Crippen molar-refractivity contribution in [2.45, 2.75) is 19.3 Å². The molecular weight excluding hydrogens is 364 g/mol. The van der Waals surface area contributed by atoms with Gasteiger partial charge in [-0.2, -0.15) is 0 Å². The van der Waals surface area contributed by atoms with Crippen molar-refractivity contribution >= 4 is 24.1 Å². The zero-order chi connectivity index (χ0) is 18.0. The number of nitro benzene ring substituents is 1. The molecule has 144 valence electrons. The van der Waals surface area contributed by atoms with E-state index in [-0.39, 0.29) is 36.4 Å². The maximum absolute atomic E-state index is 11.7. The van der Waals surface area contributed by atoms with E-state index in [1.54, 1.807) is 6.07 Å². The number of aliphatic carboxylic acids is 1. The Hall–Kier alpha value is -2.06. The minimum Gasteiger partial charge on any atom is -0.496 e. The van der Waals surface area contributed by atoms with Gasteiger partial charge in [-0.15, -0.1) is 12.4 Å². The number of hydrogen-bond donors (Lipinski definition) is 1. The molecule has 1 N–H and O–H groups in total. The standard InChI is InChI=1S/C17H22N2O6.ClH/c1-24-13-4-5-15(14(9-13)19(22)23)25-8-7-18-10-12-3-2-6-17(12,11-18)16(20)21;/h4-5,9,12H,2-3,6-8,10-11H2,1H3,(H,20,21);1H/t12-,17+;/m0./s1. The van der Waals surface area contributed by atoms with Gasteiger partial charge in [0.2, 0.25) is 0 Å². The van der Waals surface area contributed by atoms with Gasteiger partial charge in [0.15, 0.2) is 5.75 Å². The fourth-order valence-corrected chi connectivity index (χ4v) is 4.09. The van der Waals surface area contributed by atoms with E-state index in [0.717, 1.165) is 25.8 Å². The smallest absolute Gasteiger partial charge is 0.314 e. The van der Waals surface area contributed by atoms with Gasteiger partial charge in [-0.3, -0.25) is 19.8 Å². The Kier molecular flexibility index (Phi) is 6.30. The minimum absolute atomic E-state index is 0. The van der Waals surface area contributed by atoms with E-state index in [4.69, 9.17) is 9.47 Å². The number of methoxy groups -OCH3 is 1. The zero-order valence-corrected chi connectivity index (χ0v) is 15.4. The second-order valence-electron chi connectivity index (χ2n) is 6.72. The Morgan fingerprint density at radius 2 is 2.27 bits per heavy atom. The van der Waals surface area contributed by atoms with Crippen LogP contribution in [0.25, 0.3) is 0 Å². The topological polar surface area (TPSA) is 102 Å². The largest absolute Gasteiger partial charge is 0.496 e. The molecule has 2 atom stereocenters. The summed E-state index contributed by atoms with van der Waals surface area (Å²) in [7, 11) is 1.45. The van der Waals surface area contributed by atoms with Gasteiger partial charge in [0.1, 0.15) is 12.4 Å². The molecule has 0 amide bonds. The summed E-state index contributed by atoms with van der Waals surface area (Å²) < 4.78 is 10.6. The molecule has 1 aliphatic heterocycles. The molecule has 0 spiro atoms. The highest BCUT2D eigenvalue weighted by Gasteiger charge is 2.54. The van der Waals surface area contributed by atoms with Crippen molar-refractivity contribution in [3.8, 4) is 11.5 Å². The van der Waals surface area contributed by atoms with Gasteiger partial charge >= 0.3 is 11.7 Å². The number of nitrogens with zero attached hydrogens (tertiary/aromatic N) is 2. The third kappa shape index (κ3) is 3.71. The highest BCUT2D eigenvalue weighted by molar-refractivity contribution is 5.85. The molecule has 1 aromatic carbocycles. The van der Waals surface area contributed by atoms with Crippen LogP contribution < -0.4 is 9.47 Å². The molecule has 2 fully saturated rings. The van der Waals surface area contributed by atoms with E-state index in [2.05, 4.69) is 4.90 Å². The van der Waals surface area contributed by atoms with Crippen molar-refractivity contribution in [1.29, 1.82) is 0 Å². The van der Waals surface area contributed by atoms with Crippen molar-refractivity contribution < 1.29 is 24.3 Å². The number of carboxylic acid groups (broad SMARTS) is 1. The average molecular weight is 387 g/mol. The number of ether oxygens (including phenoxy) is 2. The molecule has 3 rings (SSSR count). The second-order valence-corrected chi connectivity index (χ2v) is 6.72. The zero-order valence-electron chi connectivity index (χ0n) is 14.6. The summed E-state index contributed by atoms with van der Waals surface area (Å²) in [5.41, 5.74) is -0.758. The van der Waals surface area contributed by atoms with Crippen LogP contribution in [0, 0.1) is 21.4 Å². The van der Waals surface area contributed by atoms with Gasteiger partial charge < -0.3 is 14.6 Å². The van der Waals surface area contributed by atoms with Crippen molar-refractivity contribution in [3.63, 3.8) is 0 Å². The van der Waals surface area contributed by atoms with Crippen molar-refractivity contribution in [3.05, 3.63) is 28.3 Å². The van der Waals surface area contributed by atoms with Crippen LogP contribution in [0.4, 0.5) is 5.69 Å². The summed E-state index contributed by atoms with van der Waals surface area (Å²) in [6.45, 7) is 2.10. The van der Waals surface area contributed by atoms with E-state index < -0.39 is 16.3 Å². The number of likely N-dealkylation sites (tertiary alicyclic amines) is 1. The van der Waals surface area contributed by atoms with Gasteiger partial charge in [0.05, 0.1) is 23.5 Å². The molecule has 26 heavy (non-hydrogen) atoms. The number of carbonyl (C=O) groups is 1. The molecule has 1 aliphatic carbocycles. The van der Waals surface area contributed by atoms with E-state index >= 15 is 0 Å². The van der Waals surface area contributed by atoms with Gasteiger partial charge in [0.25, 0.3) is 0 Å². The molecule has 1 saturated heterocycles. The van der Waals surface area contributed by atoms with E-state index in [1.807, 2.05) is 0 Å². The summed E-state index contributed by atoms with van der Waals surface area (Å²) in [6.07, 6.45) is 2.65. The van der Waals surface area contributed by atoms with Gasteiger partial charge in [-0.05, 0) is 30.9 Å². The normalized spacial score (nSPS) is 24.6. The van der Waals surface area contributed by atoms with Crippen LogP contribution in [0.5, 0.6) is 11.5 Å². The first-order valence-electron chi connectivity index (χ1n) is 8.37. The van der Waals surface area contributed by atoms with Crippen LogP contribution in [0.3, 0.4) is 0 Å². The van der Waals surface area contributed by atoms with Crippen LogP contribution in [0.2, 0.25) is 0 Å². The highest BCUT2D eigenvalue weighted by Crippen LogP contribution is 2.48. The Morgan fingerprint density at radius 3 is 2.88 bits per heavy atom. The fraction of sp³-hybridized carbons (Fsp3) is 0.588. The second kappa shape index (κ2) is 8.09. The van der Waals surface area contributed by atoms with Crippen LogP contribution >= 0.6 is 12.4 Å². The molecule has 0 bridgehead atoms. The lowest BCUT2D eigenvalue weighted by molar-refractivity contribution is -0.385. The number of hydrogen-bond acceptors (Lipinski definition) is 6. The Balaban J connectivity index is 0.00000243. The summed E-state index contributed by atoms with van der Waals surface area (Å²) in [6, 6.07) is 4.46. The molecule has 1 saturated carbocycles. The third-order valence-electron chi connectivity index (χ3n) is 5.40. The molecule has 9 heteroatoms. The summed E-state index contributed by atoms with van der Waals surface area (Å²) in [5.74, 6) is 0.0810. The summed E-state index contributed by atoms with van der Waals surface area (Å²) in [5, 5.41) is 20.8. The number of fused-ring (bicyclic) bond motifs is 1. The predicted octanol–water partition coefficient (Wildman–Crippen LogP) is 2.59. The Labute approximate surface area is 157 Å². The van der Waals surface area contributed by atoms with E-state index in [9.17, 15) is 20.0 Å². The highest BCUT2D eigenvalue weighted by atomic mass is 35.5. The lowest BCUT2D eigenvalue weighted by atomic mass is 9.81. The molecule has 0 radical (unpaired) electrons. The lowest BCUT2D eigenvalue weighted by Crippen LogP contribution is -2.36. The van der Waals surface area contributed by atoms with Crippen molar-refractivity contribution in [1.82, 2.24) is 4.90 Å². The minimum atomic E-state index is -0.704. The van der Waals surface area contributed by atoms with Crippen molar-refractivity contribution in [2.24, 2.45) is 11.3 Å². The fourth-order valence-electron chi connectivity index (χ4n) is 4.09. The molecule has 2 aliphatic rings. The number of nitro groups is 1. The quantitative estimate of drug-likeness (QED) is 0.567. The number of halogens is 1. The Morgan fingerprint density at radius 1 is 1.50 bits per heavy atom. The van der Waals surface area contributed by atoms with Crippen LogP contribution in [-0.2, 0) is 4.79 Å².